The molecule has 3 aromatic rings. The topological polar surface area (TPSA) is 37.6 Å². The number of para-hydroxylation sites is 1. The van der Waals surface area contributed by atoms with Gasteiger partial charge in [-0.3, -0.25) is 4.79 Å². The lowest BCUT2D eigenvalue weighted by molar-refractivity contribution is 0.0986. The quantitative estimate of drug-likeness (QED) is 0.727. The minimum absolute atomic E-state index is 0.00616. The molecule has 3 heterocycles. The summed E-state index contributed by atoms with van der Waals surface area (Å²) >= 11 is 0. The summed E-state index contributed by atoms with van der Waals surface area (Å²) in [6, 6.07) is 14.0. The monoisotopic (exact) mass is 291 g/mol. The fraction of sp³-hybridized carbons (Fsp3) is 0.222. The van der Waals surface area contributed by atoms with Crippen LogP contribution in [0.5, 0.6) is 0 Å². The summed E-state index contributed by atoms with van der Waals surface area (Å²) < 4.78 is 2.01. The van der Waals surface area contributed by atoms with Gasteiger partial charge in [0.25, 0.3) is 5.91 Å². The molecule has 0 aliphatic carbocycles. The number of carbonyl (C=O) groups is 1. The molecule has 2 aromatic heterocycles. The predicted molar refractivity (Wildman–Crippen MR) is 86.4 cm³/mol. The molecule has 0 bridgehead atoms. The second-order valence-electron chi connectivity index (χ2n) is 5.52. The third kappa shape index (κ3) is 1.84. The maximum absolute atomic E-state index is 13.0. The van der Waals surface area contributed by atoms with Crippen molar-refractivity contribution in [3.05, 3.63) is 65.7 Å². The standard InChI is InChI=1S/C18H17N3O/c1-2-16-19-17(15-9-5-6-11-20(15)16)18(22)21-12-10-13-7-3-4-8-14(13)21/h3-9,11H,2,10,12H2,1H3. The molecule has 1 amide bonds. The van der Waals surface area contributed by atoms with Crippen LogP contribution in [0.2, 0.25) is 0 Å². The Labute approximate surface area is 129 Å². The van der Waals surface area contributed by atoms with Crippen molar-refractivity contribution < 1.29 is 4.79 Å². The molecule has 1 aliphatic rings. The number of carbonyl (C=O) groups excluding carboxylic acids is 1. The Bertz CT molecular complexity index is 866. The highest BCUT2D eigenvalue weighted by molar-refractivity contribution is 6.10. The zero-order valence-electron chi connectivity index (χ0n) is 12.5. The second-order valence-corrected chi connectivity index (χ2v) is 5.52. The fourth-order valence-electron chi connectivity index (χ4n) is 3.19. The van der Waals surface area contributed by atoms with Gasteiger partial charge in [-0.25, -0.2) is 4.98 Å². The summed E-state index contributed by atoms with van der Waals surface area (Å²) in [5.74, 6) is 0.916. The van der Waals surface area contributed by atoms with Gasteiger partial charge in [0.2, 0.25) is 0 Å². The summed E-state index contributed by atoms with van der Waals surface area (Å²) in [4.78, 5) is 19.5. The number of hydrogen-bond acceptors (Lipinski definition) is 2. The van der Waals surface area contributed by atoms with Crippen molar-refractivity contribution in [2.75, 3.05) is 11.4 Å². The average molecular weight is 291 g/mol. The molecule has 0 radical (unpaired) electrons. The number of fused-ring (bicyclic) bond motifs is 2. The van der Waals surface area contributed by atoms with Crippen LogP contribution in [-0.4, -0.2) is 21.8 Å². The van der Waals surface area contributed by atoms with Crippen LogP contribution in [0.1, 0.15) is 28.8 Å². The predicted octanol–water partition coefficient (Wildman–Crippen LogP) is 3.10. The van der Waals surface area contributed by atoms with Crippen molar-refractivity contribution in [1.82, 2.24) is 9.38 Å². The molecule has 110 valence electrons. The molecule has 1 aromatic carbocycles. The first-order valence-electron chi connectivity index (χ1n) is 7.65. The lowest BCUT2D eigenvalue weighted by Gasteiger charge is -2.16. The Morgan fingerprint density at radius 1 is 1.18 bits per heavy atom. The molecule has 0 saturated heterocycles. The highest BCUT2D eigenvalue weighted by Crippen LogP contribution is 2.29. The van der Waals surface area contributed by atoms with E-state index in [1.165, 1.54) is 5.56 Å². The van der Waals surface area contributed by atoms with Crippen molar-refractivity contribution in [1.29, 1.82) is 0 Å². The van der Waals surface area contributed by atoms with E-state index in [0.717, 1.165) is 36.4 Å². The largest absolute Gasteiger partial charge is 0.306 e. The summed E-state index contributed by atoms with van der Waals surface area (Å²) in [5.41, 5.74) is 3.68. The number of pyridine rings is 1. The number of benzene rings is 1. The Hall–Kier alpha value is -2.62. The molecule has 0 saturated carbocycles. The Morgan fingerprint density at radius 3 is 2.86 bits per heavy atom. The van der Waals surface area contributed by atoms with Crippen LogP contribution in [-0.2, 0) is 12.8 Å². The first-order chi connectivity index (χ1) is 10.8. The number of nitrogens with zero attached hydrogens (tertiary/aromatic N) is 3. The van der Waals surface area contributed by atoms with Gasteiger partial charge in [-0.1, -0.05) is 31.2 Å². The van der Waals surface area contributed by atoms with Gasteiger partial charge >= 0.3 is 0 Å². The second kappa shape index (κ2) is 4.98. The lowest BCUT2D eigenvalue weighted by Crippen LogP contribution is -2.29. The van der Waals surface area contributed by atoms with E-state index in [4.69, 9.17) is 0 Å². The van der Waals surface area contributed by atoms with Gasteiger partial charge in [-0.05, 0) is 30.2 Å². The van der Waals surface area contributed by atoms with Gasteiger partial charge in [0.05, 0.1) is 5.52 Å². The molecule has 0 fully saturated rings. The van der Waals surface area contributed by atoms with Crippen molar-refractivity contribution in [3.8, 4) is 0 Å². The molecular formula is C18H17N3O. The van der Waals surface area contributed by atoms with Crippen LogP contribution in [0, 0.1) is 0 Å². The number of anilines is 1. The van der Waals surface area contributed by atoms with Crippen molar-refractivity contribution in [3.63, 3.8) is 0 Å². The third-order valence-corrected chi connectivity index (χ3v) is 4.27. The van der Waals surface area contributed by atoms with Crippen LogP contribution in [0.4, 0.5) is 5.69 Å². The first-order valence-corrected chi connectivity index (χ1v) is 7.65. The van der Waals surface area contributed by atoms with Crippen LogP contribution >= 0.6 is 0 Å². The van der Waals surface area contributed by atoms with E-state index in [1.807, 2.05) is 51.9 Å². The van der Waals surface area contributed by atoms with E-state index in [1.54, 1.807) is 0 Å². The molecular weight excluding hydrogens is 274 g/mol. The van der Waals surface area contributed by atoms with E-state index in [-0.39, 0.29) is 5.91 Å². The van der Waals surface area contributed by atoms with Gasteiger partial charge in [0.1, 0.15) is 5.82 Å². The highest BCUT2D eigenvalue weighted by atomic mass is 16.2. The molecule has 22 heavy (non-hydrogen) atoms. The fourth-order valence-corrected chi connectivity index (χ4v) is 3.19. The number of amides is 1. The van der Waals surface area contributed by atoms with Crippen LogP contribution < -0.4 is 4.90 Å². The minimum Gasteiger partial charge on any atom is -0.306 e. The molecule has 0 N–H and O–H groups in total. The molecule has 0 atom stereocenters. The van der Waals surface area contributed by atoms with Gasteiger partial charge in [0.15, 0.2) is 5.69 Å². The summed E-state index contributed by atoms with van der Waals surface area (Å²) in [7, 11) is 0. The zero-order chi connectivity index (χ0) is 15.1. The highest BCUT2D eigenvalue weighted by Gasteiger charge is 2.28. The van der Waals surface area contributed by atoms with Gasteiger partial charge in [-0.15, -0.1) is 0 Å². The minimum atomic E-state index is -0.00616. The number of aryl methyl sites for hydroxylation is 1. The van der Waals surface area contributed by atoms with Crippen molar-refractivity contribution in [2.45, 2.75) is 19.8 Å². The van der Waals surface area contributed by atoms with Gasteiger partial charge in [0, 0.05) is 24.8 Å². The first kappa shape index (κ1) is 13.1. The molecule has 4 heteroatoms. The summed E-state index contributed by atoms with van der Waals surface area (Å²) in [6.45, 7) is 2.78. The normalized spacial score (nSPS) is 13.6. The smallest absolute Gasteiger partial charge is 0.279 e. The van der Waals surface area contributed by atoms with E-state index in [0.29, 0.717) is 5.69 Å². The Morgan fingerprint density at radius 2 is 2.00 bits per heavy atom. The van der Waals surface area contributed by atoms with E-state index in [9.17, 15) is 4.79 Å². The van der Waals surface area contributed by atoms with Crippen LogP contribution in [0.15, 0.2) is 48.7 Å². The molecule has 4 rings (SSSR count). The van der Waals surface area contributed by atoms with Crippen molar-refractivity contribution >= 4 is 17.1 Å². The lowest BCUT2D eigenvalue weighted by atomic mass is 10.2. The maximum atomic E-state index is 13.0. The third-order valence-electron chi connectivity index (χ3n) is 4.27. The SMILES string of the molecule is CCc1nc(C(=O)N2CCc3ccccc32)c2ccccn12. The van der Waals surface area contributed by atoms with Gasteiger partial charge < -0.3 is 9.30 Å². The zero-order valence-corrected chi connectivity index (χ0v) is 12.5. The molecule has 0 unspecified atom stereocenters. The number of imidazole rings is 1. The Balaban J connectivity index is 1.82. The number of rotatable bonds is 2. The van der Waals surface area contributed by atoms with E-state index < -0.39 is 0 Å². The number of hydrogen-bond donors (Lipinski definition) is 0. The average Bonchev–Trinajstić information content (AvgIpc) is 3.16. The molecule has 0 spiro atoms. The van der Waals surface area contributed by atoms with E-state index in [2.05, 4.69) is 18.0 Å². The van der Waals surface area contributed by atoms with E-state index >= 15 is 0 Å². The van der Waals surface area contributed by atoms with Crippen LogP contribution in [0.25, 0.3) is 5.52 Å². The summed E-state index contributed by atoms with van der Waals surface area (Å²) in [5, 5.41) is 0. The molecule has 4 nitrogen and oxygen atoms in total. The summed E-state index contributed by atoms with van der Waals surface area (Å²) in [6.07, 6.45) is 3.68. The van der Waals surface area contributed by atoms with Gasteiger partial charge in [-0.2, -0.15) is 0 Å². The molecule has 1 aliphatic heterocycles. The Kier molecular flexibility index (Phi) is 2.96. The number of aromatic nitrogens is 2. The maximum Gasteiger partial charge on any atom is 0.279 e. The van der Waals surface area contributed by atoms with Crippen LogP contribution in [0.3, 0.4) is 0 Å². The van der Waals surface area contributed by atoms with Crippen molar-refractivity contribution in [2.24, 2.45) is 0 Å².